The highest BCUT2D eigenvalue weighted by Gasteiger charge is 2.47. The average molecular weight is 357 g/mol. The van der Waals surface area contributed by atoms with Crippen molar-refractivity contribution < 1.29 is 18.4 Å². The van der Waals surface area contributed by atoms with Crippen molar-refractivity contribution in [2.24, 2.45) is 0 Å². The summed E-state index contributed by atoms with van der Waals surface area (Å²) in [5, 5.41) is 20.7. The van der Waals surface area contributed by atoms with Gasteiger partial charge in [0.05, 0.1) is 36.4 Å². The van der Waals surface area contributed by atoms with E-state index in [-0.39, 0.29) is 5.56 Å². The number of alkyl halides is 2. The van der Waals surface area contributed by atoms with Gasteiger partial charge in [-0.3, -0.25) is 9.59 Å². The number of hydrogen-bond acceptors (Lipinski definition) is 4. The molecule has 9 heteroatoms. The summed E-state index contributed by atoms with van der Waals surface area (Å²) in [6.45, 7) is -1.32. The molecule has 0 unspecified atom stereocenters. The molecule has 2 heterocycles. The minimum Gasteiger partial charge on any atom is -0.360 e. The Labute approximate surface area is 146 Å². The summed E-state index contributed by atoms with van der Waals surface area (Å²) in [5.41, 5.74) is 1.28. The standard InChI is InChI=1S/C17H13F2N5O2/c18-17(19)4-11(6-21)24(9-17)15(25)8-23-16(26)13-7-22-14-3-10(5-20)1-2-12(13)14/h1-3,7,11,22H,4,8-9H2,(H,23,26)/t11-/m0/s1. The molecule has 2 amide bonds. The van der Waals surface area contributed by atoms with E-state index in [1.54, 1.807) is 24.3 Å². The molecule has 7 nitrogen and oxygen atoms in total. The molecule has 1 saturated heterocycles. The van der Waals surface area contributed by atoms with Crippen molar-refractivity contribution in [1.29, 1.82) is 10.5 Å². The third kappa shape index (κ3) is 3.20. The fourth-order valence-corrected chi connectivity index (χ4v) is 2.93. The lowest BCUT2D eigenvalue weighted by Gasteiger charge is -2.19. The van der Waals surface area contributed by atoms with Gasteiger partial charge >= 0.3 is 0 Å². The van der Waals surface area contributed by atoms with Gasteiger partial charge in [0.25, 0.3) is 11.8 Å². The third-order valence-corrected chi connectivity index (χ3v) is 4.19. The van der Waals surface area contributed by atoms with E-state index >= 15 is 0 Å². The molecule has 0 spiro atoms. The zero-order valence-electron chi connectivity index (χ0n) is 13.4. The smallest absolute Gasteiger partial charge is 0.268 e. The number of fused-ring (bicyclic) bond motifs is 1. The lowest BCUT2D eigenvalue weighted by atomic mass is 10.1. The molecule has 1 aromatic carbocycles. The number of H-pyrrole nitrogens is 1. The number of amides is 2. The molecule has 1 atom stereocenters. The number of likely N-dealkylation sites (tertiary alicyclic amines) is 1. The van der Waals surface area contributed by atoms with Crippen molar-refractivity contribution in [3.05, 3.63) is 35.5 Å². The molecule has 132 valence electrons. The predicted octanol–water partition coefficient (Wildman–Crippen LogP) is 1.53. The molecule has 1 aliphatic rings. The molecule has 26 heavy (non-hydrogen) atoms. The number of hydrogen-bond donors (Lipinski definition) is 2. The van der Waals surface area contributed by atoms with Crippen LogP contribution in [0.1, 0.15) is 22.3 Å². The number of nitriles is 2. The molecule has 0 saturated carbocycles. The molecule has 2 aromatic rings. The van der Waals surface area contributed by atoms with E-state index in [4.69, 9.17) is 10.5 Å². The molecule has 0 radical (unpaired) electrons. The highest BCUT2D eigenvalue weighted by atomic mass is 19.3. The van der Waals surface area contributed by atoms with Crippen molar-refractivity contribution in [2.75, 3.05) is 13.1 Å². The summed E-state index contributed by atoms with van der Waals surface area (Å²) in [6, 6.07) is 7.21. The molecule has 3 rings (SSSR count). The van der Waals surface area contributed by atoms with Crippen LogP contribution >= 0.6 is 0 Å². The Bertz CT molecular complexity index is 970. The highest BCUT2D eigenvalue weighted by molar-refractivity contribution is 6.07. The van der Waals surface area contributed by atoms with Crippen LogP contribution < -0.4 is 5.32 Å². The monoisotopic (exact) mass is 357 g/mol. The fourth-order valence-electron chi connectivity index (χ4n) is 2.93. The molecular formula is C17H13F2N5O2. The SMILES string of the molecule is N#Cc1ccc2c(C(=O)NCC(=O)N3CC(F)(F)C[C@H]3C#N)c[nH]c2c1. The Morgan fingerprint density at radius 2 is 2.15 bits per heavy atom. The Balaban J connectivity index is 1.69. The number of carbonyl (C=O) groups is 2. The zero-order chi connectivity index (χ0) is 18.9. The minimum atomic E-state index is -3.10. The van der Waals surface area contributed by atoms with E-state index in [1.165, 1.54) is 6.20 Å². The summed E-state index contributed by atoms with van der Waals surface area (Å²) in [4.78, 5) is 28.0. The number of carbonyl (C=O) groups excluding carboxylic acids is 2. The summed E-state index contributed by atoms with van der Waals surface area (Å²) >= 11 is 0. The second kappa shape index (κ2) is 6.45. The quantitative estimate of drug-likeness (QED) is 0.867. The van der Waals surface area contributed by atoms with Crippen LogP contribution in [0.2, 0.25) is 0 Å². The summed E-state index contributed by atoms with van der Waals surface area (Å²) in [7, 11) is 0. The van der Waals surface area contributed by atoms with E-state index in [9.17, 15) is 18.4 Å². The van der Waals surface area contributed by atoms with Gasteiger partial charge in [0.2, 0.25) is 5.91 Å². The van der Waals surface area contributed by atoms with Crippen LogP contribution in [0, 0.1) is 22.7 Å². The topological polar surface area (TPSA) is 113 Å². The Morgan fingerprint density at radius 1 is 1.38 bits per heavy atom. The second-order valence-corrected chi connectivity index (χ2v) is 5.98. The van der Waals surface area contributed by atoms with E-state index < -0.39 is 43.3 Å². The van der Waals surface area contributed by atoms with Crippen LogP contribution in [0.4, 0.5) is 8.78 Å². The molecule has 0 bridgehead atoms. The minimum absolute atomic E-state index is 0.265. The van der Waals surface area contributed by atoms with Crippen LogP contribution in [0.5, 0.6) is 0 Å². The highest BCUT2D eigenvalue weighted by Crippen LogP contribution is 2.31. The van der Waals surface area contributed by atoms with Crippen LogP contribution in [-0.4, -0.2) is 46.8 Å². The Morgan fingerprint density at radius 3 is 2.85 bits per heavy atom. The van der Waals surface area contributed by atoms with Crippen LogP contribution in [0.15, 0.2) is 24.4 Å². The number of benzene rings is 1. The number of nitrogens with zero attached hydrogens (tertiary/aromatic N) is 3. The molecule has 1 aromatic heterocycles. The van der Waals surface area contributed by atoms with Crippen molar-refractivity contribution in [3.63, 3.8) is 0 Å². The van der Waals surface area contributed by atoms with E-state index in [0.29, 0.717) is 16.5 Å². The van der Waals surface area contributed by atoms with Gasteiger partial charge in [-0.15, -0.1) is 0 Å². The number of aromatic nitrogens is 1. The largest absolute Gasteiger partial charge is 0.360 e. The molecule has 1 fully saturated rings. The summed E-state index contributed by atoms with van der Waals surface area (Å²) in [6.07, 6.45) is 0.737. The van der Waals surface area contributed by atoms with Gasteiger partial charge < -0.3 is 15.2 Å². The van der Waals surface area contributed by atoms with Gasteiger partial charge in [-0.1, -0.05) is 6.07 Å². The molecular weight excluding hydrogens is 344 g/mol. The van der Waals surface area contributed by atoms with E-state index in [1.807, 2.05) is 6.07 Å². The number of halogens is 2. The summed E-state index contributed by atoms with van der Waals surface area (Å²) < 4.78 is 26.8. The number of rotatable bonds is 3. The maximum atomic E-state index is 13.4. The van der Waals surface area contributed by atoms with Crippen molar-refractivity contribution in [2.45, 2.75) is 18.4 Å². The van der Waals surface area contributed by atoms with Gasteiger partial charge in [-0.05, 0) is 12.1 Å². The van der Waals surface area contributed by atoms with Crippen LogP contribution in [-0.2, 0) is 4.79 Å². The maximum Gasteiger partial charge on any atom is 0.268 e. The van der Waals surface area contributed by atoms with Crippen molar-refractivity contribution in [3.8, 4) is 12.1 Å². The molecule has 2 N–H and O–H groups in total. The first-order chi connectivity index (χ1) is 12.3. The van der Waals surface area contributed by atoms with E-state index in [0.717, 1.165) is 4.90 Å². The second-order valence-electron chi connectivity index (χ2n) is 5.98. The molecule has 0 aliphatic carbocycles. The normalized spacial score (nSPS) is 18.3. The van der Waals surface area contributed by atoms with Crippen LogP contribution in [0.25, 0.3) is 10.9 Å². The first kappa shape index (κ1) is 17.4. The lowest BCUT2D eigenvalue weighted by Crippen LogP contribution is -2.42. The predicted molar refractivity (Wildman–Crippen MR) is 86.0 cm³/mol. The number of aromatic amines is 1. The Hall–Kier alpha value is -3.46. The van der Waals surface area contributed by atoms with E-state index in [2.05, 4.69) is 10.3 Å². The first-order valence-electron chi connectivity index (χ1n) is 7.71. The number of nitrogens with one attached hydrogen (secondary N) is 2. The maximum absolute atomic E-state index is 13.4. The summed E-state index contributed by atoms with van der Waals surface area (Å²) in [5.74, 6) is -4.41. The van der Waals surface area contributed by atoms with Crippen molar-refractivity contribution >= 4 is 22.7 Å². The third-order valence-electron chi connectivity index (χ3n) is 4.19. The fraction of sp³-hybridized carbons (Fsp3) is 0.294. The molecule has 1 aliphatic heterocycles. The van der Waals surface area contributed by atoms with Crippen molar-refractivity contribution in [1.82, 2.24) is 15.2 Å². The van der Waals surface area contributed by atoms with Gasteiger partial charge in [0, 0.05) is 23.5 Å². The van der Waals surface area contributed by atoms with Gasteiger partial charge in [-0.2, -0.15) is 10.5 Å². The average Bonchev–Trinajstić information content (AvgIpc) is 3.18. The van der Waals surface area contributed by atoms with Gasteiger partial charge in [0.15, 0.2) is 0 Å². The first-order valence-corrected chi connectivity index (χ1v) is 7.71. The Kier molecular flexibility index (Phi) is 4.31. The zero-order valence-corrected chi connectivity index (χ0v) is 13.4. The van der Waals surface area contributed by atoms with Gasteiger partial charge in [0.1, 0.15) is 6.04 Å². The van der Waals surface area contributed by atoms with Gasteiger partial charge in [-0.25, -0.2) is 8.78 Å². The van der Waals surface area contributed by atoms with Crippen LogP contribution in [0.3, 0.4) is 0 Å². The lowest BCUT2D eigenvalue weighted by molar-refractivity contribution is -0.131.